The summed E-state index contributed by atoms with van der Waals surface area (Å²) in [5.74, 6) is 0. The first-order valence-corrected chi connectivity index (χ1v) is 11.2. The van der Waals surface area contributed by atoms with Crippen LogP contribution in [-0.4, -0.2) is 9.90 Å². The minimum absolute atomic E-state index is 0.357. The van der Waals surface area contributed by atoms with Crippen LogP contribution in [0, 0.1) is 0 Å². The summed E-state index contributed by atoms with van der Waals surface area (Å²) in [5, 5.41) is 0. The predicted octanol–water partition coefficient (Wildman–Crippen LogP) is 6.73. The van der Waals surface area contributed by atoms with Gasteiger partial charge in [-0.3, -0.25) is 0 Å². The first kappa shape index (κ1) is 17.2. The Morgan fingerprint density at radius 3 is 2.20 bits per heavy atom. The summed E-state index contributed by atoms with van der Waals surface area (Å²) in [4.78, 5) is 0. The van der Waals surface area contributed by atoms with E-state index in [0.29, 0.717) is 0 Å². The van der Waals surface area contributed by atoms with Gasteiger partial charge in [-0.15, -0.1) is 0 Å². The lowest BCUT2D eigenvalue weighted by molar-refractivity contribution is 0.223. The van der Waals surface area contributed by atoms with Crippen LogP contribution < -0.4 is 0 Å². The summed E-state index contributed by atoms with van der Waals surface area (Å²) in [6, 6.07) is 0. The molecule has 92 valence electrons. The van der Waals surface area contributed by atoms with Crippen molar-refractivity contribution >= 4 is 71.3 Å². The average Bonchev–Trinajstić information content (AvgIpc) is 2.08. The highest BCUT2D eigenvalue weighted by Gasteiger charge is 2.34. The first-order chi connectivity index (χ1) is 6.88. The van der Waals surface area contributed by atoms with E-state index in [1.165, 1.54) is 12.8 Å². The first-order valence-electron chi connectivity index (χ1n) is 4.73. The third kappa shape index (κ3) is 9.88. The summed E-state index contributed by atoms with van der Waals surface area (Å²) >= 11 is 24.0. The monoisotopic (exact) mass is 420 g/mol. The van der Waals surface area contributed by atoms with Crippen LogP contribution >= 0.6 is 71.3 Å². The highest BCUT2D eigenvalue weighted by atomic mass is 79.9. The second-order valence-corrected chi connectivity index (χ2v) is 12.9. The molecule has 0 fully saturated rings. The highest BCUT2D eigenvalue weighted by Crippen LogP contribution is 2.56. The standard InChI is InChI=1S/C8H14Br2Cl3OP/c1-2-3-4-5-6-7(8(11,12)13)14-15(9)10/h7H,2-6H2,1H3. The van der Waals surface area contributed by atoms with Crippen LogP contribution in [0.15, 0.2) is 0 Å². The van der Waals surface area contributed by atoms with Crippen molar-refractivity contribution in [1.82, 2.24) is 0 Å². The molecule has 0 aliphatic heterocycles. The van der Waals surface area contributed by atoms with Gasteiger partial charge in [0.25, 0.3) is 0 Å². The van der Waals surface area contributed by atoms with Gasteiger partial charge in [-0.1, -0.05) is 67.4 Å². The molecule has 15 heavy (non-hydrogen) atoms. The summed E-state index contributed by atoms with van der Waals surface area (Å²) in [6.07, 6.45) is 5.00. The third-order valence-electron chi connectivity index (χ3n) is 1.89. The van der Waals surface area contributed by atoms with Gasteiger partial charge in [-0.25, -0.2) is 0 Å². The SMILES string of the molecule is CCCCCCC(OP(Br)Br)C(Cl)(Cl)Cl. The van der Waals surface area contributed by atoms with E-state index in [1.54, 1.807) is 0 Å². The Bertz CT molecular complexity index is 166. The molecule has 0 rings (SSSR count). The molecule has 0 aromatic heterocycles. The largest absolute Gasteiger partial charge is 0.330 e. The van der Waals surface area contributed by atoms with Crippen molar-refractivity contribution in [2.45, 2.75) is 48.9 Å². The molecule has 7 heteroatoms. The van der Waals surface area contributed by atoms with Gasteiger partial charge in [0.1, 0.15) is 6.10 Å². The zero-order valence-electron chi connectivity index (χ0n) is 8.36. The summed E-state index contributed by atoms with van der Waals surface area (Å²) in [5.41, 5.74) is -0.857. The van der Waals surface area contributed by atoms with E-state index in [2.05, 4.69) is 37.9 Å². The maximum atomic E-state index is 5.83. The van der Waals surface area contributed by atoms with Crippen molar-refractivity contribution in [3.05, 3.63) is 0 Å². The van der Waals surface area contributed by atoms with Gasteiger partial charge in [0.2, 0.25) is 3.79 Å². The van der Waals surface area contributed by atoms with E-state index in [1.807, 2.05) is 0 Å². The Labute approximate surface area is 124 Å². The van der Waals surface area contributed by atoms with Crippen molar-refractivity contribution in [2.24, 2.45) is 0 Å². The van der Waals surface area contributed by atoms with E-state index >= 15 is 0 Å². The fraction of sp³-hybridized carbons (Fsp3) is 1.00. The Morgan fingerprint density at radius 1 is 1.20 bits per heavy atom. The zero-order chi connectivity index (χ0) is 11.9. The van der Waals surface area contributed by atoms with Gasteiger partial charge in [-0.05, 0) is 37.4 Å². The van der Waals surface area contributed by atoms with Crippen LogP contribution in [0.25, 0.3) is 0 Å². The second-order valence-electron chi connectivity index (χ2n) is 3.19. The molecule has 1 nitrogen and oxygen atoms in total. The predicted molar refractivity (Wildman–Crippen MR) is 78.7 cm³/mol. The van der Waals surface area contributed by atoms with Gasteiger partial charge < -0.3 is 4.52 Å². The van der Waals surface area contributed by atoms with Crippen molar-refractivity contribution in [3.8, 4) is 0 Å². The van der Waals surface area contributed by atoms with Crippen LogP contribution in [0.1, 0.15) is 39.0 Å². The molecule has 1 unspecified atom stereocenters. The Morgan fingerprint density at radius 2 is 1.80 bits per heavy atom. The van der Waals surface area contributed by atoms with Gasteiger partial charge >= 0.3 is 0 Å². The average molecular weight is 423 g/mol. The summed E-state index contributed by atoms with van der Waals surface area (Å²) < 4.78 is 4.14. The lowest BCUT2D eigenvalue weighted by Gasteiger charge is -2.24. The maximum Gasteiger partial charge on any atom is 0.216 e. The number of hydrogen-bond acceptors (Lipinski definition) is 1. The van der Waals surface area contributed by atoms with Gasteiger partial charge in [0.15, 0.2) is 5.55 Å². The van der Waals surface area contributed by atoms with E-state index < -0.39 is 9.35 Å². The fourth-order valence-electron chi connectivity index (χ4n) is 1.13. The number of hydrogen-bond donors (Lipinski definition) is 0. The molecule has 0 saturated heterocycles. The van der Waals surface area contributed by atoms with Crippen LogP contribution in [0.4, 0.5) is 0 Å². The highest BCUT2D eigenvalue weighted by molar-refractivity contribution is 9.68. The van der Waals surface area contributed by atoms with Crippen molar-refractivity contribution in [2.75, 3.05) is 0 Å². The van der Waals surface area contributed by atoms with E-state index in [9.17, 15) is 0 Å². The van der Waals surface area contributed by atoms with Crippen LogP contribution in [0.5, 0.6) is 0 Å². The number of rotatable bonds is 7. The smallest absolute Gasteiger partial charge is 0.216 e. The molecule has 0 aliphatic carbocycles. The molecular formula is C8H14Br2Cl3OP. The van der Waals surface area contributed by atoms with Crippen LogP contribution in [0.2, 0.25) is 0 Å². The molecule has 0 saturated carbocycles. The third-order valence-corrected chi connectivity index (χ3v) is 4.04. The van der Waals surface area contributed by atoms with Gasteiger partial charge in [0, 0.05) is 0 Å². The Hall–Kier alpha value is 2.22. The topological polar surface area (TPSA) is 9.23 Å². The minimum atomic E-state index is -1.35. The number of unbranched alkanes of at least 4 members (excludes halogenated alkanes) is 3. The number of halogens is 5. The molecule has 0 aromatic rings. The van der Waals surface area contributed by atoms with Crippen LogP contribution in [-0.2, 0) is 4.52 Å². The molecule has 0 amide bonds. The van der Waals surface area contributed by atoms with Crippen molar-refractivity contribution in [3.63, 3.8) is 0 Å². The summed E-state index contributed by atoms with van der Waals surface area (Å²) in [7, 11) is 0. The number of alkyl halides is 3. The van der Waals surface area contributed by atoms with Gasteiger partial charge in [0.05, 0.1) is 0 Å². The molecule has 0 bridgehead atoms. The van der Waals surface area contributed by atoms with Crippen molar-refractivity contribution < 1.29 is 4.52 Å². The molecule has 0 spiro atoms. The fourth-order valence-corrected chi connectivity index (χ4v) is 3.44. The minimum Gasteiger partial charge on any atom is -0.330 e. The Balaban J connectivity index is 3.92. The van der Waals surface area contributed by atoms with E-state index in [0.717, 1.165) is 19.3 Å². The molecule has 0 aliphatic rings. The molecule has 0 heterocycles. The van der Waals surface area contributed by atoms with Crippen LogP contribution in [0.3, 0.4) is 0 Å². The quantitative estimate of drug-likeness (QED) is 0.251. The lowest BCUT2D eigenvalue weighted by atomic mass is 10.1. The normalized spacial score (nSPS) is 14.6. The van der Waals surface area contributed by atoms with E-state index in [-0.39, 0.29) is 6.10 Å². The molecule has 0 radical (unpaired) electrons. The van der Waals surface area contributed by atoms with E-state index in [4.69, 9.17) is 39.3 Å². The molecule has 1 atom stereocenters. The van der Waals surface area contributed by atoms with Crippen molar-refractivity contribution in [1.29, 1.82) is 0 Å². The molecule has 0 N–H and O–H groups in total. The molecular weight excluding hydrogens is 409 g/mol. The molecule has 0 aromatic carbocycles. The summed E-state index contributed by atoms with van der Waals surface area (Å²) in [6.45, 7) is 2.17. The lowest BCUT2D eigenvalue weighted by Crippen LogP contribution is -2.26. The zero-order valence-corrected chi connectivity index (χ0v) is 14.7. The maximum absolute atomic E-state index is 5.83. The second kappa shape index (κ2) is 9.19. The van der Waals surface area contributed by atoms with Gasteiger partial charge in [-0.2, -0.15) is 0 Å². The Kier molecular flexibility index (Phi) is 10.6.